The van der Waals surface area contributed by atoms with Crippen LogP contribution in [0.25, 0.3) is 0 Å². The van der Waals surface area contributed by atoms with Gasteiger partial charge in [-0.05, 0) is 39.4 Å². The van der Waals surface area contributed by atoms with E-state index in [0.29, 0.717) is 6.47 Å². The Kier molecular flexibility index (Phi) is 11.3. The van der Waals surface area contributed by atoms with E-state index in [-0.39, 0.29) is 11.4 Å². The first-order valence-electron chi connectivity index (χ1n) is 7.64. The van der Waals surface area contributed by atoms with Crippen LogP contribution in [0.1, 0.15) is 27.7 Å². The van der Waals surface area contributed by atoms with Crippen LogP contribution in [0.5, 0.6) is 0 Å². The molecule has 1 fully saturated rings. The maximum absolute atomic E-state index is 11.9. The molecule has 0 aromatic heterocycles. The van der Waals surface area contributed by atoms with Crippen LogP contribution in [-0.4, -0.2) is 49.7 Å². The average Bonchev–Trinajstić information content (AvgIpc) is 2.49. The summed E-state index contributed by atoms with van der Waals surface area (Å²) in [7, 11) is 0. The summed E-state index contributed by atoms with van der Waals surface area (Å²) >= 11 is 0. The molecule has 5 heteroatoms. The van der Waals surface area contributed by atoms with Gasteiger partial charge in [0.05, 0.1) is 0 Å². The number of nitrogens with zero attached hydrogens (tertiary/aromatic N) is 1. The maximum Gasteiger partial charge on any atom is 0.293 e. The predicted octanol–water partition coefficient (Wildman–Crippen LogP) is 2.70. The Labute approximate surface area is 133 Å². The molecule has 0 unspecified atom stereocenters. The normalized spacial score (nSPS) is 14.8. The van der Waals surface area contributed by atoms with Crippen LogP contribution in [0.3, 0.4) is 0 Å². The molecule has 4 nitrogen and oxygen atoms in total. The second-order valence-electron chi connectivity index (χ2n) is 5.81. The molecular formula is C17H29FN2O2. The number of rotatable bonds is 2. The molecule has 0 bridgehead atoms. The molecule has 22 heavy (non-hydrogen) atoms. The molecule has 0 radical (unpaired) electrons. The van der Waals surface area contributed by atoms with Crippen LogP contribution >= 0.6 is 0 Å². The zero-order valence-electron chi connectivity index (χ0n) is 14.1. The summed E-state index contributed by atoms with van der Waals surface area (Å²) < 4.78 is 16.5. The number of benzene rings is 1. The second-order valence-corrected chi connectivity index (χ2v) is 5.81. The number of carbonyl (C=O) groups is 1. The average molecular weight is 312 g/mol. The van der Waals surface area contributed by atoms with Gasteiger partial charge in [0.25, 0.3) is 6.47 Å². The number of hydrogen-bond acceptors (Lipinski definition) is 4. The summed E-state index contributed by atoms with van der Waals surface area (Å²) in [6.45, 7) is 14.2. The monoisotopic (exact) mass is 312 g/mol. The largest absolute Gasteiger partial charge is 0.462 e. The lowest BCUT2D eigenvalue weighted by molar-refractivity contribution is -0.138. The lowest BCUT2D eigenvalue weighted by Crippen LogP contribution is -2.43. The third kappa shape index (κ3) is 13.5. The fraction of sp³-hybridized carbons (Fsp3) is 0.588. The summed E-state index contributed by atoms with van der Waals surface area (Å²) in [5.74, 6) is -0.178. The highest BCUT2D eigenvalue weighted by atomic mass is 19.1. The molecule has 0 spiro atoms. The first-order valence-corrected chi connectivity index (χ1v) is 7.64. The number of hydrogen-bond donors (Lipinski definition) is 1. The molecule has 1 heterocycles. The van der Waals surface area contributed by atoms with Crippen molar-refractivity contribution < 1.29 is 13.9 Å². The van der Waals surface area contributed by atoms with Crippen LogP contribution < -0.4 is 5.32 Å². The molecular weight excluding hydrogens is 283 g/mol. The zero-order chi connectivity index (χ0) is 16.8. The minimum absolute atomic E-state index is 0.178. The summed E-state index contributed by atoms with van der Waals surface area (Å²) in [4.78, 5) is 12.1. The summed E-state index contributed by atoms with van der Waals surface area (Å²) in [5.41, 5.74) is -0.318. The number of carbonyl (C=O) groups excluding carboxylic acids is 1. The van der Waals surface area contributed by atoms with Crippen molar-refractivity contribution in [3.8, 4) is 0 Å². The number of halogens is 1. The predicted molar refractivity (Wildman–Crippen MR) is 88.3 cm³/mol. The van der Waals surface area contributed by atoms with Crippen LogP contribution in [0.4, 0.5) is 4.39 Å². The Balaban J connectivity index is 0.000000302. The van der Waals surface area contributed by atoms with Gasteiger partial charge in [-0.15, -0.1) is 0 Å². The highest BCUT2D eigenvalue weighted by Gasteiger charge is 2.07. The Hall–Kier alpha value is -1.46. The maximum atomic E-state index is 11.9. The van der Waals surface area contributed by atoms with Crippen LogP contribution in [-0.2, 0) is 9.53 Å². The fourth-order valence-electron chi connectivity index (χ4n) is 1.59. The molecule has 2 rings (SSSR count). The van der Waals surface area contributed by atoms with E-state index in [1.165, 1.54) is 44.9 Å². The SMILES string of the molecule is CC(C)(C)OC=O.CCN1CCNCC1.Fc1ccccc1. The van der Waals surface area contributed by atoms with E-state index in [4.69, 9.17) is 0 Å². The van der Waals surface area contributed by atoms with E-state index < -0.39 is 0 Å². The second kappa shape index (κ2) is 12.1. The third-order valence-electron chi connectivity index (χ3n) is 2.79. The molecule has 1 aromatic rings. The summed E-state index contributed by atoms with van der Waals surface area (Å²) in [6.07, 6.45) is 0. The highest BCUT2D eigenvalue weighted by Crippen LogP contribution is 2.02. The van der Waals surface area contributed by atoms with Gasteiger partial charge in [-0.1, -0.05) is 25.1 Å². The van der Waals surface area contributed by atoms with Gasteiger partial charge in [-0.25, -0.2) is 4.39 Å². The van der Waals surface area contributed by atoms with Crippen molar-refractivity contribution in [2.24, 2.45) is 0 Å². The van der Waals surface area contributed by atoms with Crippen molar-refractivity contribution in [3.63, 3.8) is 0 Å². The Morgan fingerprint density at radius 3 is 2.00 bits per heavy atom. The van der Waals surface area contributed by atoms with Gasteiger partial charge in [0.15, 0.2) is 0 Å². The molecule has 0 saturated carbocycles. The topological polar surface area (TPSA) is 41.6 Å². The Morgan fingerprint density at radius 2 is 1.77 bits per heavy atom. The molecule has 1 saturated heterocycles. The van der Waals surface area contributed by atoms with Crippen LogP contribution in [0.2, 0.25) is 0 Å². The number of piperazine rings is 1. The van der Waals surface area contributed by atoms with Crippen molar-refractivity contribution in [3.05, 3.63) is 36.1 Å². The first kappa shape index (κ1) is 20.5. The zero-order valence-corrected chi connectivity index (χ0v) is 14.1. The quantitative estimate of drug-likeness (QED) is 0.853. The Morgan fingerprint density at radius 1 is 1.23 bits per heavy atom. The number of likely N-dealkylation sites (N-methyl/N-ethyl adjacent to an activating group) is 1. The number of nitrogens with one attached hydrogen (secondary N) is 1. The van der Waals surface area contributed by atoms with Crippen molar-refractivity contribution in [1.29, 1.82) is 0 Å². The van der Waals surface area contributed by atoms with Gasteiger partial charge >= 0.3 is 0 Å². The molecule has 1 aliphatic heterocycles. The van der Waals surface area contributed by atoms with Gasteiger partial charge in [-0.3, -0.25) is 4.79 Å². The van der Waals surface area contributed by atoms with E-state index in [2.05, 4.69) is 21.9 Å². The van der Waals surface area contributed by atoms with Crippen LogP contribution in [0, 0.1) is 5.82 Å². The lowest BCUT2D eigenvalue weighted by atomic mass is 10.2. The van der Waals surface area contributed by atoms with Gasteiger partial charge in [0.2, 0.25) is 0 Å². The lowest BCUT2D eigenvalue weighted by Gasteiger charge is -2.25. The molecule has 1 aliphatic rings. The van der Waals surface area contributed by atoms with E-state index in [9.17, 15) is 9.18 Å². The fourth-order valence-corrected chi connectivity index (χ4v) is 1.59. The minimum Gasteiger partial charge on any atom is -0.462 e. The van der Waals surface area contributed by atoms with E-state index in [1.54, 1.807) is 18.2 Å². The Bertz CT molecular complexity index is 374. The smallest absolute Gasteiger partial charge is 0.293 e. The minimum atomic E-state index is -0.318. The van der Waals surface area contributed by atoms with E-state index in [1.807, 2.05) is 20.8 Å². The summed E-state index contributed by atoms with van der Waals surface area (Å²) in [6, 6.07) is 7.94. The van der Waals surface area contributed by atoms with Crippen molar-refractivity contribution in [2.75, 3.05) is 32.7 Å². The molecule has 0 amide bonds. The van der Waals surface area contributed by atoms with Crippen molar-refractivity contribution in [2.45, 2.75) is 33.3 Å². The molecule has 0 aliphatic carbocycles. The van der Waals surface area contributed by atoms with E-state index >= 15 is 0 Å². The molecule has 1 N–H and O–H groups in total. The van der Waals surface area contributed by atoms with Crippen molar-refractivity contribution in [1.82, 2.24) is 10.2 Å². The van der Waals surface area contributed by atoms with Crippen LogP contribution in [0.15, 0.2) is 30.3 Å². The van der Waals surface area contributed by atoms with Gasteiger partial charge in [0, 0.05) is 26.2 Å². The van der Waals surface area contributed by atoms with Crippen molar-refractivity contribution >= 4 is 6.47 Å². The summed E-state index contributed by atoms with van der Waals surface area (Å²) in [5, 5.41) is 3.31. The highest BCUT2D eigenvalue weighted by molar-refractivity contribution is 5.37. The van der Waals surface area contributed by atoms with Gasteiger partial charge in [-0.2, -0.15) is 0 Å². The molecule has 126 valence electrons. The first-order chi connectivity index (χ1) is 10.4. The molecule has 0 atom stereocenters. The standard InChI is InChI=1S/C6H5F.C6H14N2.C5H10O2/c7-6-4-2-1-3-5-6;1-2-8-5-3-7-4-6-8;1-5(2,3)7-4-6/h1-5H;7H,2-6H2,1H3;4H,1-3H3. The van der Waals surface area contributed by atoms with Gasteiger partial charge in [0.1, 0.15) is 11.4 Å². The number of ether oxygens (including phenoxy) is 1. The van der Waals surface area contributed by atoms with Gasteiger partial charge < -0.3 is 15.0 Å². The third-order valence-corrected chi connectivity index (χ3v) is 2.79. The molecule has 1 aromatic carbocycles. The van der Waals surface area contributed by atoms with E-state index in [0.717, 1.165) is 0 Å².